The Labute approximate surface area is 349 Å². The summed E-state index contributed by atoms with van der Waals surface area (Å²) in [5.74, 6) is -1.57. The van der Waals surface area contributed by atoms with Crippen molar-refractivity contribution in [3.63, 3.8) is 0 Å². The number of hydrazone groups is 1. The number of hydrogen-bond donors (Lipinski definition) is 1. The second-order valence-electron chi connectivity index (χ2n) is 9.00. The monoisotopic (exact) mass is 718 g/mol. The molecule has 0 radical (unpaired) electrons. The van der Waals surface area contributed by atoms with Crippen LogP contribution in [0.5, 0.6) is 0 Å². The molecule has 0 saturated carbocycles. The van der Waals surface area contributed by atoms with Crippen LogP contribution in [0.3, 0.4) is 0 Å². The van der Waals surface area contributed by atoms with E-state index in [1.807, 2.05) is 6.92 Å². The van der Waals surface area contributed by atoms with E-state index in [9.17, 15) is 40.3 Å². The van der Waals surface area contributed by atoms with E-state index in [1.54, 1.807) is 6.92 Å². The van der Waals surface area contributed by atoms with Crippen molar-refractivity contribution < 1.29 is 143 Å². The predicted octanol–water partition coefficient (Wildman–Crippen LogP) is -3.99. The molecule has 1 aromatic heterocycles. The first-order valence-electron chi connectivity index (χ1n) is 12.9. The van der Waals surface area contributed by atoms with Gasteiger partial charge in [0.2, 0.25) is 0 Å². The number of ether oxygens (including phenoxy) is 1. The van der Waals surface area contributed by atoms with Crippen molar-refractivity contribution >= 4 is 49.6 Å². The maximum atomic E-state index is 13.1. The van der Waals surface area contributed by atoms with Crippen molar-refractivity contribution in [2.45, 2.75) is 30.1 Å². The molecule has 18 heteroatoms. The Morgan fingerprint density at radius 1 is 0.870 bits per heavy atom. The van der Waals surface area contributed by atoms with E-state index in [4.69, 9.17) is 4.74 Å². The van der Waals surface area contributed by atoms with Gasteiger partial charge < -0.3 is 13.8 Å². The van der Waals surface area contributed by atoms with Gasteiger partial charge in [0.25, 0.3) is 11.5 Å². The van der Waals surface area contributed by atoms with Crippen LogP contribution in [-0.4, -0.2) is 59.9 Å². The molecule has 1 N–H and O–H groups in total. The van der Waals surface area contributed by atoms with E-state index in [-0.39, 0.29) is 126 Å². The van der Waals surface area contributed by atoms with Crippen molar-refractivity contribution in [1.82, 2.24) is 9.78 Å². The molecular weight excluding hydrogens is 695 g/mol. The van der Waals surface area contributed by atoms with Crippen LogP contribution < -0.4 is 113 Å². The molecule has 2 aromatic carbocycles. The van der Waals surface area contributed by atoms with Gasteiger partial charge in [-0.25, -0.2) is 26.3 Å². The Bertz CT molecular complexity index is 2010. The van der Waals surface area contributed by atoms with E-state index in [0.717, 1.165) is 29.3 Å². The molecule has 0 unspecified atom stereocenters. The second-order valence-corrected chi connectivity index (χ2v) is 11.8. The van der Waals surface area contributed by atoms with Gasteiger partial charge in [-0.1, -0.05) is 25.2 Å². The average molecular weight is 719 g/mol. The van der Waals surface area contributed by atoms with E-state index in [1.165, 1.54) is 59.3 Å². The summed E-state index contributed by atoms with van der Waals surface area (Å²) < 4.78 is 73.5. The first-order chi connectivity index (χ1) is 20.8. The van der Waals surface area contributed by atoms with Crippen LogP contribution in [0.25, 0.3) is 11.8 Å². The third kappa shape index (κ3) is 9.50. The number of benzene rings is 2. The first-order valence-corrected chi connectivity index (χ1v) is 15.7. The van der Waals surface area contributed by atoms with Gasteiger partial charge in [0.05, 0.1) is 38.9 Å². The van der Waals surface area contributed by atoms with Crippen LogP contribution >= 0.6 is 0 Å². The molecule has 230 valence electrons. The number of nitrogens with zero attached hydrogens (tertiary/aromatic N) is 3. The molecule has 46 heavy (non-hydrogen) atoms. The number of carbonyl (C=O) groups excluding carboxylic acids is 2. The Hall–Kier alpha value is -1.63. The van der Waals surface area contributed by atoms with Crippen molar-refractivity contribution in [2.24, 2.45) is 5.10 Å². The molecule has 0 atom stereocenters. The largest absolute Gasteiger partial charge is 1.00 e. The predicted molar refractivity (Wildman–Crippen MR) is 156 cm³/mol. The number of hydrogen-bond acceptors (Lipinski definition) is 11. The Kier molecular flexibility index (Phi) is 15.1. The molecule has 1 amide bonds. The van der Waals surface area contributed by atoms with Gasteiger partial charge in [0, 0.05) is 5.69 Å². The number of aromatic amines is 1. The maximum absolute atomic E-state index is 13.1. The fourth-order valence-electron chi connectivity index (χ4n) is 4.09. The SMILES string of the molecule is CCOC(=O)C1=NN(c2ccc(S(=O)(=O)[O-])cc2)C(=O)C1=CC=CC=Cc1c(CC)[nH]n(-c2ccc(S(=O)(=O)[O-])cc2)c1=O.[K+].[K+]. The number of anilines is 1. The van der Waals surface area contributed by atoms with Crippen LogP contribution in [0, 0.1) is 0 Å². The quantitative estimate of drug-likeness (QED) is 0.0706. The minimum absolute atomic E-state index is 0. The fourth-order valence-corrected chi connectivity index (χ4v) is 5.03. The van der Waals surface area contributed by atoms with Gasteiger partial charge in [0.1, 0.15) is 20.2 Å². The topological polar surface area (TPSA) is 211 Å². The molecule has 1 aliphatic heterocycles. The summed E-state index contributed by atoms with van der Waals surface area (Å²) in [6.45, 7) is 3.42. The summed E-state index contributed by atoms with van der Waals surface area (Å²) in [6, 6.07) is 9.29. The normalized spacial score (nSPS) is 14.4. The Balaban J connectivity index is 0.00000368. The molecule has 0 fully saturated rings. The zero-order chi connectivity index (χ0) is 32.2. The molecule has 4 rings (SSSR count). The minimum Gasteiger partial charge on any atom is -0.744 e. The third-order valence-electron chi connectivity index (χ3n) is 6.21. The van der Waals surface area contributed by atoms with Gasteiger partial charge >= 0.3 is 109 Å². The number of carbonyl (C=O) groups is 2. The van der Waals surface area contributed by atoms with E-state index >= 15 is 0 Å². The summed E-state index contributed by atoms with van der Waals surface area (Å²) in [5, 5.41) is 7.86. The second kappa shape index (κ2) is 17.2. The van der Waals surface area contributed by atoms with Crippen molar-refractivity contribution in [3.8, 4) is 5.69 Å². The summed E-state index contributed by atoms with van der Waals surface area (Å²) in [4.78, 5) is 37.8. The van der Waals surface area contributed by atoms with Gasteiger partial charge in [-0.05, 0) is 74.0 Å². The van der Waals surface area contributed by atoms with Crippen LogP contribution in [0.2, 0.25) is 0 Å². The van der Waals surface area contributed by atoms with Crippen LogP contribution in [0.15, 0.2) is 98.1 Å². The van der Waals surface area contributed by atoms with Crippen LogP contribution in [0.4, 0.5) is 5.69 Å². The van der Waals surface area contributed by atoms with Gasteiger partial charge in [-0.2, -0.15) is 10.1 Å². The van der Waals surface area contributed by atoms with E-state index < -0.39 is 47.5 Å². The molecule has 0 bridgehead atoms. The van der Waals surface area contributed by atoms with Crippen molar-refractivity contribution in [1.29, 1.82) is 0 Å². The number of allylic oxidation sites excluding steroid dienone is 4. The smallest absolute Gasteiger partial charge is 0.744 e. The number of aromatic nitrogens is 2. The average Bonchev–Trinajstić information content (AvgIpc) is 3.48. The van der Waals surface area contributed by atoms with Crippen molar-refractivity contribution in [2.75, 3.05) is 11.6 Å². The standard InChI is InChI=1S/C28H26N4O10S2.2K/c1-3-24-22(26(33)31(29-24)18-10-14-20(15-11-18)43(36,37)38)8-6-5-7-9-23-25(28(35)42-4-2)30-32(27(23)34)19-12-16-21(17-13-19)44(39,40)41;;/h5-17,29H,3-4H2,1-2H3,(H,36,37,38)(H,39,40,41);;/q;2*+1/p-2. The Morgan fingerprint density at radius 2 is 1.41 bits per heavy atom. The molecule has 1 aliphatic rings. The summed E-state index contributed by atoms with van der Waals surface area (Å²) in [5.41, 5.74) is 0.474. The van der Waals surface area contributed by atoms with Crippen molar-refractivity contribution in [3.05, 3.63) is 100 Å². The number of rotatable bonds is 10. The summed E-state index contributed by atoms with van der Waals surface area (Å²) in [6.07, 6.45) is 7.76. The van der Waals surface area contributed by atoms with Gasteiger partial charge in [0.15, 0.2) is 5.71 Å². The van der Waals surface area contributed by atoms with E-state index in [0.29, 0.717) is 23.4 Å². The van der Waals surface area contributed by atoms with Gasteiger partial charge in [-0.15, -0.1) is 0 Å². The summed E-state index contributed by atoms with van der Waals surface area (Å²) >= 11 is 0. The molecule has 0 saturated heterocycles. The molecule has 0 aliphatic carbocycles. The van der Waals surface area contributed by atoms with Gasteiger partial charge in [-0.3, -0.25) is 14.7 Å². The first kappa shape index (κ1) is 40.5. The zero-order valence-corrected chi connectivity index (χ0v) is 33.0. The maximum Gasteiger partial charge on any atom is 1.00 e. The fraction of sp³-hybridized carbons (Fsp3) is 0.143. The molecular formula is C28H24K2N4O10S2. The number of amides is 1. The molecule has 2 heterocycles. The molecule has 14 nitrogen and oxygen atoms in total. The number of H-pyrrole nitrogens is 1. The third-order valence-corrected chi connectivity index (χ3v) is 7.91. The van der Waals surface area contributed by atoms with Crippen LogP contribution in [-0.2, 0) is 41.0 Å². The minimum atomic E-state index is -4.71. The number of aryl methyl sites for hydroxylation is 1. The Morgan fingerprint density at radius 3 is 1.91 bits per heavy atom. The zero-order valence-electron chi connectivity index (χ0n) is 25.2. The molecule has 3 aromatic rings. The number of nitrogens with one attached hydrogen (secondary N) is 1. The number of esters is 1. The van der Waals surface area contributed by atoms with E-state index in [2.05, 4.69) is 10.2 Å². The molecule has 0 spiro atoms. The van der Waals surface area contributed by atoms with Crippen LogP contribution in [0.1, 0.15) is 25.1 Å². The summed E-state index contributed by atoms with van der Waals surface area (Å²) in [7, 11) is -9.35.